The van der Waals surface area contributed by atoms with Gasteiger partial charge >= 0.3 is 0 Å². The topological polar surface area (TPSA) is 65.8 Å². The van der Waals surface area contributed by atoms with Gasteiger partial charge in [0.05, 0.1) is 43.4 Å². The van der Waals surface area contributed by atoms with Crippen molar-refractivity contribution >= 4 is 23.4 Å². The quantitative estimate of drug-likeness (QED) is 0.690. The number of thioether (sulfide) groups is 1. The molecule has 0 saturated carbocycles. The molecule has 6 nitrogen and oxygen atoms in total. The van der Waals surface area contributed by atoms with E-state index in [1.54, 1.807) is 36.9 Å². The monoisotopic (exact) mass is 435 g/mol. The molecule has 1 unspecified atom stereocenters. The SMILES string of the molecule is CCc1ccccc1N1CSC2=C(C#N)C(c3ccc(OC)cc3OC)CC(=O)N2C1. The van der Waals surface area contributed by atoms with Gasteiger partial charge in [0.15, 0.2) is 0 Å². The van der Waals surface area contributed by atoms with E-state index in [0.717, 1.165) is 22.7 Å². The van der Waals surface area contributed by atoms with Gasteiger partial charge in [0.1, 0.15) is 11.5 Å². The number of nitrogens with zero attached hydrogens (tertiary/aromatic N) is 3. The molecule has 2 aromatic carbocycles. The number of anilines is 1. The Labute approximate surface area is 187 Å². The number of ether oxygens (including phenoxy) is 2. The van der Waals surface area contributed by atoms with Gasteiger partial charge in [-0.05, 0) is 24.1 Å². The smallest absolute Gasteiger partial charge is 0.229 e. The predicted octanol–water partition coefficient (Wildman–Crippen LogP) is 4.49. The van der Waals surface area contributed by atoms with Crippen molar-refractivity contribution in [3.8, 4) is 17.6 Å². The van der Waals surface area contributed by atoms with Gasteiger partial charge in [-0.2, -0.15) is 5.26 Å². The van der Waals surface area contributed by atoms with Crippen LogP contribution < -0.4 is 14.4 Å². The molecule has 4 rings (SSSR count). The number of benzene rings is 2. The largest absolute Gasteiger partial charge is 0.497 e. The van der Waals surface area contributed by atoms with E-state index >= 15 is 0 Å². The number of hydrogen-bond donors (Lipinski definition) is 0. The fourth-order valence-electron chi connectivity index (χ4n) is 4.21. The highest BCUT2D eigenvalue weighted by molar-refractivity contribution is 8.03. The second-order valence-corrected chi connectivity index (χ2v) is 8.39. The average Bonchev–Trinajstić information content (AvgIpc) is 2.83. The Bertz CT molecular complexity index is 1080. The molecule has 2 aliphatic heterocycles. The molecule has 0 bridgehead atoms. The molecule has 1 atom stereocenters. The summed E-state index contributed by atoms with van der Waals surface area (Å²) in [5.74, 6) is 1.68. The summed E-state index contributed by atoms with van der Waals surface area (Å²) in [5.41, 5.74) is 3.85. The third kappa shape index (κ3) is 3.84. The fourth-order valence-corrected chi connectivity index (χ4v) is 5.36. The minimum absolute atomic E-state index is 0.0167. The van der Waals surface area contributed by atoms with Crippen LogP contribution in [0.1, 0.15) is 30.4 Å². The summed E-state index contributed by atoms with van der Waals surface area (Å²) >= 11 is 1.55. The summed E-state index contributed by atoms with van der Waals surface area (Å²) in [6.07, 6.45) is 1.16. The Kier molecular flexibility index (Phi) is 6.10. The molecule has 0 radical (unpaired) electrons. The van der Waals surface area contributed by atoms with E-state index in [9.17, 15) is 10.1 Å². The van der Waals surface area contributed by atoms with Crippen molar-refractivity contribution in [1.82, 2.24) is 4.90 Å². The molecule has 160 valence electrons. The summed E-state index contributed by atoms with van der Waals surface area (Å²) in [5, 5.41) is 10.8. The first kappa shape index (κ1) is 21.1. The maximum Gasteiger partial charge on any atom is 0.229 e. The molecule has 0 spiro atoms. The summed E-state index contributed by atoms with van der Waals surface area (Å²) in [4.78, 5) is 17.2. The van der Waals surface area contributed by atoms with Crippen molar-refractivity contribution < 1.29 is 14.3 Å². The summed E-state index contributed by atoms with van der Waals surface area (Å²) in [7, 11) is 3.19. The first-order chi connectivity index (χ1) is 15.1. The van der Waals surface area contributed by atoms with E-state index in [1.807, 2.05) is 24.3 Å². The summed E-state index contributed by atoms with van der Waals surface area (Å²) < 4.78 is 10.8. The molecular weight excluding hydrogens is 410 g/mol. The number of nitriles is 1. The van der Waals surface area contributed by atoms with Gasteiger partial charge in [0.25, 0.3) is 0 Å². The summed E-state index contributed by atoms with van der Waals surface area (Å²) in [6, 6.07) is 16.2. The zero-order valence-electron chi connectivity index (χ0n) is 17.9. The Morgan fingerprint density at radius 3 is 2.71 bits per heavy atom. The highest BCUT2D eigenvalue weighted by Crippen LogP contribution is 2.46. The van der Waals surface area contributed by atoms with Gasteiger partial charge in [-0.25, -0.2) is 0 Å². The van der Waals surface area contributed by atoms with Crippen LogP contribution in [0.25, 0.3) is 0 Å². The number of carbonyl (C=O) groups excluding carboxylic acids is 1. The highest BCUT2D eigenvalue weighted by Gasteiger charge is 2.39. The lowest BCUT2D eigenvalue weighted by atomic mass is 9.86. The molecule has 1 fully saturated rings. The molecule has 1 saturated heterocycles. The molecule has 0 aromatic heterocycles. The number of hydrogen-bond acceptors (Lipinski definition) is 6. The van der Waals surface area contributed by atoms with Crippen LogP contribution in [0.15, 0.2) is 53.1 Å². The van der Waals surface area contributed by atoms with E-state index < -0.39 is 0 Å². The molecule has 2 heterocycles. The van der Waals surface area contributed by atoms with Crippen LogP contribution in [0.5, 0.6) is 11.5 Å². The standard InChI is InChI=1S/C24H25N3O3S/c1-4-16-7-5-6-8-21(16)26-14-27-23(28)12-19(20(13-25)24(27)31-15-26)18-10-9-17(29-2)11-22(18)30-3/h5-11,19H,4,12,14-15H2,1-3H3. The van der Waals surface area contributed by atoms with E-state index in [4.69, 9.17) is 9.47 Å². The van der Waals surface area contributed by atoms with Gasteiger partial charge in [-0.15, -0.1) is 0 Å². The number of amides is 1. The predicted molar refractivity (Wildman–Crippen MR) is 122 cm³/mol. The van der Waals surface area contributed by atoms with Crippen molar-refractivity contribution in [2.75, 3.05) is 31.7 Å². The van der Waals surface area contributed by atoms with Crippen molar-refractivity contribution in [2.45, 2.75) is 25.7 Å². The Morgan fingerprint density at radius 1 is 1.19 bits per heavy atom. The van der Waals surface area contributed by atoms with Crippen LogP contribution in [0.4, 0.5) is 5.69 Å². The van der Waals surface area contributed by atoms with Crippen LogP contribution >= 0.6 is 11.8 Å². The fraction of sp³-hybridized carbons (Fsp3) is 0.333. The maximum atomic E-state index is 13.2. The Hall–Kier alpha value is -3.11. The molecule has 2 aromatic rings. The first-order valence-corrected chi connectivity index (χ1v) is 11.2. The molecular formula is C24H25N3O3S. The Morgan fingerprint density at radius 2 is 2.00 bits per heavy atom. The van der Waals surface area contributed by atoms with E-state index in [1.165, 1.54) is 5.56 Å². The molecule has 1 amide bonds. The number of aryl methyl sites for hydroxylation is 1. The van der Waals surface area contributed by atoms with E-state index in [2.05, 4.69) is 30.0 Å². The lowest BCUT2D eigenvalue weighted by molar-refractivity contribution is -0.129. The lowest BCUT2D eigenvalue weighted by Crippen LogP contribution is -2.47. The second-order valence-electron chi connectivity index (χ2n) is 7.45. The molecule has 7 heteroatoms. The third-order valence-corrected chi connectivity index (χ3v) is 6.98. The number of carbonyl (C=O) groups is 1. The van der Waals surface area contributed by atoms with Crippen molar-refractivity contribution in [3.63, 3.8) is 0 Å². The molecule has 0 N–H and O–H groups in total. The van der Waals surface area contributed by atoms with Crippen LogP contribution in [0.2, 0.25) is 0 Å². The zero-order valence-corrected chi connectivity index (χ0v) is 18.7. The average molecular weight is 436 g/mol. The zero-order chi connectivity index (χ0) is 22.0. The van der Waals surface area contributed by atoms with Gasteiger partial charge in [-0.3, -0.25) is 9.69 Å². The Balaban J connectivity index is 1.70. The summed E-state index contributed by atoms with van der Waals surface area (Å²) in [6.45, 7) is 2.59. The normalized spacial score (nSPS) is 18.5. The van der Waals surface area contributed by atoms with Gasteiger partial charge in [-0.1, -0.05) is 43.0 Å². The van der Waals surface area contributed by atoms with E-state index in [-0.39, 0.29) is 18.2 Å². The van der Waals surface area contributed by atoms with Crippen LogP contribution in [-0.4, -0.2) is 37.6 Å². The minimum Gasteiger partial charge on any atom is -0.497 e. The number of methoxy groups -OCH3 is 2. The maximum absolute atomic E-state index is 13.2. The molecule has 2 aliphatic rings. The van der Waals surface area contributed by atoms with Crippen molar-refractivity contribution in [2.24, 2.45) is 0 Å². The minimum atomic E-state index is -0.327. The van der Waals surface area contributed by atoms with Gasteiger partial charge in [0, 0.05) is 29.7 Å². The number of para-hydroxylation sites is 1. The van der Waals surface area contributed by atoms with Crippen LogP contribution in [0, 0.1) is 11.3 Å². The van der Waals surface area contributed by atoms with Crippen LogP contribution in [-0.2, 0) is 11.2 Å². The number of allylic oxidation sites excluding steroid dienone is 1. The first-order valence-electron chi connectivity index (χ1n) is 10.2. The number of rotatable bonds is 5. The third-order valence-electron chi connectivity index (χ3n) is 5.82. The molecule has 31 heavy (non-hydrogen) atoms. The van der Waals surface area contributed by atoms with Crippen LogP contribution in [0.3, 0.4) is 0 Å². The second kappa shape index (κ2) is 8.94. The number of fused-ring (bicyclic) bond motifs is 1. The van der Waals surface area contributed by atoms with Crippen molar-refractivity contribution in [1.29, 1.82) is 5.26 Å². The van der Waals surface area contributed by atoms with Crippen molar-refractivity contribution in [3.05, 3.63) is 64.2 Å². The van der Waals surface area contributed by atoms with Gasteiger partial charge < -0.3 is 14.4 Å². The lowest BCUT2D eigenvalue weighted by Gasteiger charge is -2.42. The highest BCUT2D eigenvalue weighted by atomic mass is 32.2. The van der Waals surface area contributed by atoms with Gasteiger partial charge in [0.2, 0.25) is 5.91 Å². The molecule has 0 aliphatic carbocycles. The van der Waals surface area contributed by atoms with E-state index in [0.29, 0.717) is 29.6 Å².